The van der Waals surface area contributed by atoms with Crippen molar-refractivity contribution in [3.63, 3.8) is 0 Å². The predicted octanol–water partition coefficient (Wildman–Crippen LogP) is 3.16. The average Bonchev–Trinajstić information content (AvgIpc) is 2.90. The highest BCUT2D eigenvalue weighted by molar-refractivity contribution is 7.10. The van der Waals surface area contributed by atoms with Gasteiger partial charge >= 0.3 is 0 Å². The van der Waals surface area contributed by atoms with E-state index in [1.54, 1.807) is 11.3 Å². The Kier molecular flexibility index (Phi) is 3.74. The van der Waals surface area contributed by atoms with E-state index in [2.05, 4.69) is 18.0 Å². The number of hydrogen-bond acceptors (Lipinski definition) is 3. The Morgan fingerprint density at radius 2 is 1.95 bits per heavy atom. The van der Waals surface area contributed by atoms with Crippen LogP contribution in [0.1, 0.15) is 11.3 Å². The molecule has 0 radical (unpaired) electrons. The minimum absolute atomic E-state index is 0.190. The van der Waals surface area contributed by atoms with Crippen LogP contribution in [0.15, 0.2) is 41.8 Å². The Morgan fingerprint density at radius 3 is 2.70 bits per heavy atom. The molecule has 0 N–H and O–H groups in total. The first-order chi connectivity index (χ1) is 9.75. The summed E-state index contributed by atoms with van der Waals surface area (Å²) in [5, 5.41) is 2.02. The van der Waals surface area contributed by atoms with E-state index in [0.717, 1.165) is 35.8 Å². The smallest absolute Gasteiger partial charge is 0.232 e. The lowest BCUT2D eigenvalue weighted by Crippen LogP contribution is -2.32. The number of amides is 1. The van der Waals surface area contributed by atoms with Crippen molar-refractivity contribution in [2.24, 2.45) is 0 Å². The number of hydrogen-bond donors (Lipinski definition) is 0. The standard InChI is InChI=1S/C16H18N2OS/c1-17-9-5-10-18(15-8-3-2-7-14(15)17)16(19)12-13-6-4-11-20-13/h2-4,6-8,11H,5,9-10,12H2,1H3. The van der Waals surface area contributed by atoms with Crippen LogP contribution in [0.4, 0.5) is 11.4 Å². The van der Waals surface area contributed by atoms with Crippen molar-refractivity contribution in [2.45, 2.75) is 12.8 Å². The van der Waals surface area contributed by atoms with Gasteiger partial charge in [0.15, 0.2) is 0 Å². The number of para-hydroxylation sites is 2. The third-order valence-corrected chi connectivity index (χ3v) is 4.54. The van der Waals surface area contributed by atoms with Gasteiger partial charge in [-0.3, -0.25) is 4.79 Å². The maximum Gasteiger partial charge on any atom is 0.232 e. The van der Waals surface area contributed by atoms with Crippen LogP contribution in [-0.2, 0) is 11.2 Å². The molecular weight excluding hydrogens is 268 g/mol. The van der Waals surface area contributed by atoms with Crippen LogP contribution < -0.4 is 9.80 Å². The Balaban J connectivity index is 1.89. The van der Waals surface area contributed by atoms with E-state index in [-0.39, 0.29) is 5.91 Å². The third kappa shape index (κ3) is 2.56. The molecule has 0 atom stereocenters. The molecule has 1 aromatic carbocycles. The maximum absolute atomic E-state index is 12.6. The third-order valence-electron chi connectivity index (χ3n) is 3.67. The molecule has 0 saturated carbocycles. The van der Waals surface area contributed by atoms with Crippen LogP contribution in [0.3, 0.4) is 0 Å². The lowest BCUT2D eigenvalue weighted by molar-refractivity contribution is -0.117. The average molecular weight is 286 g/mol. The van der Waals surface area contributed by atoms with E-state index in [1.165, 1.54) is 0 Å². The number of anilines is 2. The molecule has 0 bridgehead atoms. The van der Waals surface area contributed by atoms with Crippen LogP contribution in [-0.4, -0.2) is 26.0 Å². The van der Waals surface area contributed by atoms with Gasteiger partial charge in [0.25, 0.3) is 0 Å². The Hall–Kier alpha value is -1.81. The normalized spacial score (nSPS) is 14.8. The van der Waals surface area contributed by atoms with Crippen LogP contribution in [0, 0.1) is 0 Å². The van der Waals surface area contributed by atoms with Crippen molar-refractivity contribution in [3.05, 3.63) is 46.7 Å². The van der Waals surface area contributed by atoms with Crippen molar-refractivity contribution < 1.29 is 4.79 Å². The molecule has 3 nitrogen and oxygen atoms in total. The molecule has 0 spiro atoms. The molecule has 1 amide bonds. The molecule has 2 aromatic rings. The first-order valence-electron chi connectivity index (χ1n) is 6.88. The van der Waals surface area contributed by atoms with Crippen molar-refractivity contribution in [1.82, 2.24) is 0 Å². The lowest BCUT2D eigenvalue weighted by atomic mass is 10.2. The first-order valence-corrected chi connectivity index (χ1v) is 7.76. The van der Waals surface area contributed by atoms with Gasteiger partial charge in [0.1, 0.15) is 0 Å². The molecule has 1 aromatic heterocycles. The molecule has 4 heteroatoms. The summed E-state index contributed by atoms with van der Waals surface area (Å²) in [5.74, 6) is 0.190. The fraction of sp³-hybridized carbons (Fsp3) is 0.312. The van der Waals surface area contributed by atoms with E-state index in [9.17, 15) is 4.79 Å². The molecule has 0 aliphatic carbocycles. The summed E-state index contributed by atoms with van der Waals surface area (Å²) < 4.78 is 0. The first kappa shape index (κ1) is 13.2. The molecule has 0 fully saturated rings. The van der Waals surface area contributed by atoms with Gasteiger partial charge in [-0.1, -0.05) is 18.2 Å². The van der Waals surface area contributed by atoms with Crippen LogP contribution >= 0.6 is 11.3 Å². The number of carbonyl (C=O) groups excluding carboxylic acids is 1. The minimum Gasteiger partial charge on any atom is -0.373 e. The van der Waals surface area contributed by atoms with E-state index in [1.807, 2.05) is 40.6 Å². The van der Waals surface area contributed by atoms with Gasteiger partial charge in [0, 0.05) is 25.0 Å². The Bertz CT molecular complexity index is 594. The van der Waals surface area contributed by atoms with Crippen molar-refractivity contribution in [2.75, 3.05) is 29.9 Å². The van der Waals surface area contributed by atoms with Gasteiger partial charge in [0.2, 0.25) is 5.91 Å². The van der Waals surface area contributed by atoms with Crippen molar-refractivity contribution in [1.29, 1.82) is 0 Å². The molecule has 1 aliphatic rings. The Morgan fingerprint density at radius 1 is 1.15 bits per heavy atom. The molecule has 20 heavy (non-hydrogen) atoms. The molecule has 0 unspecified atom stereocenters. The molecule has 3 rings (SSSR count). The number of nitrogens with zero attached hydrogens (tertiary/aromatic N) is 2. The van der Waals surface area contributed by atoms with Gasteiger partial charge < -0.3 is 9.80 Å². The van der Waals surface area contributed by atoms with Gasteiger partial charge in [0.05, 0.1) is 17.8 Å². The van der Waals surface area contributed by atoms with Crippen molar-refractivity contribution >= 4 is 28.6 Å². The highest BCUT2D eigenvalue weighted by Gasteiger charge is 2.23. The Labute approximate surface area is 123 Å². The van der Waals surface area contributed by atoms with Crippen molar-refractivity contribution in [3.8, 4) is 0 Å². The van der Waals surface area contributed by atoms with Crippen LogP contribution in [0.25, 0.3) is 0 Å². The summed E-state index contributed by atoms with van der Waals surface area (Å²) in [5.41, 5.74) is 2.18. The van der Waals surface area contributed by atoms with Gasteiger partial charge in [-0.2, -0.15) is 0 Å². The fourth-order valence-corrected chi connectivity index (χ4v) is 3.33. The van der Waals surface area contributed by atoms with Gasteiger partial charge in [-0.25, -0.2) is 0 Å². The maximum atomic E-state index is 12.6. The summed E-state index contributed by atoms with van der Waals surface area (Å²) in [7, 11) is 2.09. The quantitative estimate of drug-likeness (QED) is 0.846. The zero-order chi connectivity index (χ0) is 13.9. The zero-order valence-electron chi connectivity index (χ0n) is 11.6. The second-order valence-electron chi connectivity index (χ2n) is 5.07. The lowest BCUT2D eigenvalue weighted by Gasteiger charge is -2.24. The minimum atomic E-state index is 0.190. The second-order valence-corrected chi connectivity index (χ2v) is 6.10. The summed E-state index contributed by atoms with van der Waals surface area (Å²) in [6, 6.07) is 12.2. The topological polar surface area (TPSA) is 23.6 Å². The zero-order valence-corrected chi connectivity index (χ0v) is 12.4. The van der Waals surface area contributed by atoms with E-state index in [0.29, 0.717) is 6.42 Å². The van der Waals surface area contributed by atoms with Gasteiger partial charge in [-0.15, -0.1) is 11.3 Å². The summed E-state index contributed by atoms with van der Waals surface area (Å²) in [6.45, 7) is 1.78. The SMILES string of the molecule is CN1CCCN(C(=O)Cc2cccs2)c2ccccc21. The number of fused-ring (bicyclic) bond motifs is 1. The monoisotopic (exact) mass is 286 g/mol. The van der Waals surface area contributed by atoms with E-state index < -0.39 is 0 Å². The second kappa shape index (κ2) is 5.67. The number of carbonyl (C=O) groups is 1. The number of benzene rings is 1. The largest absolute Gasteiger partial charge is 0.373 e. The fourth-order valence-electron chi connectivity index (χ4n) is 2.64. The van der Waals surface area contributed by atoms with Crippen LogP contribution in [0.2, 0.25) is 0 Å². The van der Waals surface area contributed by atoms with Gasteiger partial charge in [-0.05, 0) is 30.0 Å². The molecule has 1 aliphatic heterocycles. The number of thiophene rings is 1. The molecule has 104 valence electrons. The summed E-state index contributed by atoms with van der Waals surface area (Å²) in [4.78, 5) is 17.9. The van der Waals surface area contributed by atoms with E-state index in [4.69, 9.17) is 0 Å². The highest BCUT2D eigenvalue weighted by Crippen LogP contribution is 2.31. The summed E-state index contributed by atoms with van der Waals surface area (Å²) in [6.07, 6.45) is 1.50. The predicted molar refractivity (Wildman–Crippen MR) is 84.7 cm³/mol. The highest BCUT2D eigenvalue weighted by atomic mass is 32.1. The summed E-state index contributed by atoms with van der Waals surface area (Å²) >= 11 is 1.64. The molecular formula is C16H18N2OS. The number of rotatable bonds is 2. The van der Waals surface area contributed by atoms with E-state index >= 15 is 0 Å². The molecule has 2 heterocycles. The molecule has 0 saturated heterocycles. The van der Waals surface area contributed by atoms with Crippen LogP contribution in [0.5, 0.6) is 0 Å².